The second kappa shape index (κ2) is 3.96. The van der Waals surface area contributed by atoms with E-state index in [1.54, 1.807) is 6.26 Å². The molecule has 0 amide bonds. The largest absolute Gasteiger partial charge is 0.443 e. The topological polar surface area (TPSA) is 33.6 Å². The number of nitrogens with one attached hydrogen (secondary N) is 1. The van der Waals surface area contributed by atoms with Crippen molar-refractivity contribution < 1.29 is 17.9 Å². The van der Waals surface area contributed by atoms with E-state index in [0.717, 1.165) is 11.8 Å². The third-order valence-electron chi connectivity index (χ3n) is 2.54. The first-order valence-corrected chi connectivity index (χ1v) is 6.02. The van der Waals surface area contributed by atoms with Crippen LogP contribution in [0.4, 0.5) is 13.2 Å². The van der Waals surface area contributed by atoms with Gasteiger partial charge in [0.2, 0.25) is 0 Å². The number of hydrogen-bond donors (Lipinski definition) is 1. The maximum atomic E-state index is 13.1. The zero-order valence-electron chi connectivity index (χ0n) is 8.60. The summed E-state index contributed by atoms with van der Waals surface area (Å²) in [5, 5.41) is 2.96. The summed E-state index contributed by atoms with van der Waals surface area (Å²) in [7, 11) is 0. The first-order valence-electron chi connectivity index (χ1n) is 4.80. The molecular formula is C9H11F3N2OS. The summed E-state index contributed by atoms with van der Waals surface area (Å²) in [5.41, 5.74) is -2.29. The lowest BCUT2D eigenvalue weighted by Gasteiger charge is -2.39. The zero-order chi connectivity index (χ0) is 11.8. The van der Waals surface area contributed by atoms with Crippen LogP contribution in [0.15, 0.2) is 16.8 Å². The van der Waals surface area contributed by atoms with E-state index in [1.807, 2.05) is 0 Å². The van der Waals surface area contributed by atoms with Gasteiger partial charge in [0.05, 0.1) is 6.61 Å². The minimum absolute atomic E-state index is 0.0853. The highest BCUT2D eigenvalue weighted by atomic mass is 32.2. The maximum absolute atomic E-state index is 13.1. The Morgan fingerprint density at radius 2 is 2.31 bits per heavy atom. The Morgan fingerprint density at radius 1 is 1.56 bits per heavy atom. The fraction of sp³-hybridized carbons (Fsp3) is 0.667. The van der Waals surface area contributed by atoms with Gasteiger partial charge in [-0.3, -0.25) is 0 Å². The lowest BCUT2D eigenvalue weighted by atomic mass is 9.95. The summed E-state index contributed by atoms with van der Waals surface area (Å²) in [5.74, 6) is 0. The standard InChI is InChI=1S/C9H11F3N2OS/c1-16-7-13-5-6-3-2-4-15-8(6,14-7)9(10,11)12/h5H,2-4H2,1H3,(H,13,14). The Balaban J connectivity index is 2.43. The molecule has 1 saturated heterocycles. The fourth-order valence-electron chi connectivity index (χ4n) is 1.77. The van der Waals surface area contributed by atoms with Gasteiger partial charge in [-0.05, 0) is 19.1 Å². The fourth-order valence-corrected chi connectivity index (χ4v) is 2.17. The highest BCUT2D eigenvalue weighted by Crippen LogP contribution is 2.45. The summed E-state index contributed by atoms with van der Waals surface area (Å²) in [6.07, 6.45) is -0.529. The van der Waals surface area contributed by atoms with Crippen molar-refractivity contribution in [3.63, 3.8) is 0 Å². The van der Waals surface area contributed by atoms with E-state index in [0.29, 0.717) is 12.8 Å². The van der Waals surface area contributed by atoms with Crippen LogP contribution in [0, 0.1) is 0 Å². The number of fused-ring (bicyclic) bond motifs is 1. The minimum Gasteiger partial charge on any atom is -0.343 e. The molecule has 90 valence electrons. The number of nitrogens with zero attached hydrogens (tertiary/aromatic N) is 1. The van der Waals surface area contributed by atoms with E-state index in [-0.39, 0.29) is 17.3 Å². The van der Waals surface area contributed by atoms with Crippen molar-refractivity contribution in [1.82, 2.24) is 5.32 Å². The molecule has 0 aromatic rings. The lowest BCUT2D eigenvalue weighted by Crippen LogP contribution is -2.53. The molecule has 0 saturated carbocycles. The summed E-state index contributed by atoms with van der Waals surface area (Å²) >= 11 is 1.13. The van der Waals surface area contributed by atoms with Gasteiger partial charge in [0.25, 0.3) is 5.72 Å². The molecule has 0 aromatic heterocycles. The number of ether oxygens (including phenoxy) is 1. The molecule has 1 unspecified atom stereocenters. The average Bonchev–Trinajstić information content (AvgIpc) is 2.26. The van der Waals surface area contributed by atoms with Gasteiger partial charge in [0.1, 0.15) is 0 Å². The third kappa shape index (κ3) is 1.71. The molecule has 0 radical (unpaired) electrons. The number of rotatable bonds is 0. The number of halogens is 3. The van der Waals surface area contributed by atoms with Crippen molar-refractivity contribution in [2.45, 2.75) is 24.7 Å². The Kier molecular flexibility index (Phi) is 2.91. The monoisotopic (exact) mass is 252 g/mol. The van der Waals surface area contributed by atoms with Gasteiger partial charge >= 0.3 is 6.18 Å². The quantitative estimate of drug-likeness (QED) is 0.718. The summed E-state index contributed by atoms with van der Waals surface area (Å²) in [6, 6.07) is 0. The van der Waals surface area contributed by atoms with Crippen LogP contribution in [0.5, 0.6) is 0 Å². The molecule has 7 heteroatoms. The van der Waals surface area contributed by atoms with Crippen LogP contribution in [0.25, 0.3) is 0 Å². The van der Waals surface area contributed by atoms with Crippen molar-refractivity contribution in [2.75, 3.05) is 12.9 Å². The molecule has 2 aliphatic rings. The van der Waals surface area contributed by atoms with Crippen LogP contribution in [-0.4, -0.2) is 29.9 Å². The molecule has 0 spiro atoms. The van der Waals surface area contributed by atoms with Crippen LogP contribution in [0.1, 0.15) is 12.8 Å². The summed E-state index contributed by atoms with van der Waals surface area (Å²) in [6.45, 7) is 0.0853. The molecule has 16 heavy (non-hydrogen) atoms. The zero-order valence-corrected chi connectivity index (χ0v) is 9.41. The predicted molar refractivity (Wildman–Crippen MR) is 56.1 cm³/mol. The molecule has 2 heterocycles. The first kappa shape index (κ1) is 11.8. The molecule has 2 rings (SSSR count). The molecule has 0 aliphatic carbocycles. The van der Waals surface area contributed by atoms with Crippen LogP contribution >= 0.6 is 11.8 Å². The van der Waals surface area contributed by atoms with E-state index in [1.165, 1.54) is 6.20 Å². The Bertz CT molecular complexity index is 353. The van der Waals surface area contributed by atoms with E-state index in [4.69, 9.17) is 4.74 Å². The van der Waals surface area contributed by atoms with E-state index >= 15 is 0 Å². The van der Waals surface area contributed by atoms with E-state index < -0.39 is 11.9 Å². The third-order valence-corrected chi connectivity index (χ3v) is 3.14. The van der Waals surface area contributed by atoms with Crippen LogP contribution in [0.3, 0.4) is 0 Å². The lowest BCUT2D eigenvalue weighted by molar-refractivity contribution is -0.266. The second-order valence-electron chi connectivity index (χ2n) is 3.53. The molecule has 1 N–H and O–H groups in total. The molecule has 1 atom stereocenters. The van der Waals surface area contributed by atoms with Gasteiger partial charge in [0, 0.05) is 11.8 Å². The molecule has 2 aliphatic heterocycles. The number of aliphatic imine (C=N–C) groups is 1. The van der Waals surface area contributed by atoms with Crippen molar-refractivity contribution in [3.05, 3.63) is 11.8 Å². The number of thioether (sulfide) groups is 1. The highest BCUT2D eigenvalue weighted by Gasteiger charge is 2.61. The summed E-state index contributed by atoms with van der Waals surface area (Å²) < 4.78 is 44.1. The van der Waals surface area contributed by atoms with Gasteiger partial charge in [-0.1, -0.05) is 11.8 Å². The van der Waals surface area contributed by atoms with Gasteiger partial charge in [-0.2, -0.15) is 13.2 Å². The van der Waals surface area contributed by atoms with Crippen LogP contribution in [0.2, 0.25) is 0 Å². The van der Waals surface area contributed by atoms with Gasteiger partial charge in [-0.15, -0.1) is 0 Å². The highest BCUT2D eigenvalue weighted by molar-refractivity contribution is 8.13. The number of amidine groups is 1. The van der Waals surface area contributed by atoms with Gasteiger partial charge in [0.15, 0.2) is 5.17 Å². The van der Waals surface area contributed by atoms with Crippen LogP contribution in [-0.2, 0) is 4.74 Å². The molecule has 3 nitrogen and oxygen atoms in total. The smallest absolute Gasteiger partial charge is 0.343 e. The SMILES string of the molecule is CSC1=NC2(C(F)(F)F)OCCCC2=CN1. The van der Waals surface area contributed by atoms with Crippen molar-refractivity contribution >= 4 is 16.9 Å². The molecule has 0 aromatic carbocycles. The molecule has 1 fully saturated rings. The Morgan fingerprint density at radius 3 is 2.94 bits per heavy atom. The van der Waals surface area contributed by atoms with Crippen molar-refractivity contribution in [3.8, 4) is 0 Å². The average molecular weight is 252 g/mol. The Labute approximate surface area is 95.1 Å². The van der Waals surface area contributed by atoms with E-state index in [9.17, 15) is 13.2 Å². The van der Waals surface area contributed by atoms with Crippen LogP contribution < -0.4 is 5.32 Å². The predicted octanol–water partition coefficient (Wildman–Crippen LogP) is 2.26. The van der Waals surface area contributed by atoms with Crippen molar-refractivity contribution in [2.24, 2.45) is 4.99 Å². The normalized spacial score (nSPS) is 30.0. The maximum Gasteiger partial charge on any atom is 0.443 e. The molecule has 0 bridgehead atoms. The first-order chi connectivity index (χ1) is 7.49. The second-order valence-corrected chi connectivity index (χ2v) is 4.32. The Hall–Kier alpha value is -0.690. The minimum atomic E-state index is -4.51. The summed E-state index contributed by atoms with van der Waals surface area (Å²) in [4.78, 5) is 3.68. The molecular weight excluding hydrogens is 241 g/mol. The van der Waals surface area contributed by atoms with Gasteiger partial charge in [-0.25, -0.2) is 4.99 Å². The number of alkyl halides is 3. The van der Waals surface area contributed by atoms with E-state index in [2.05, 4.69) is 10.3 Å². The number of hydrogen-bond acceptors (Lipinski definition) is 4. The van der Waals surface area contributed by atoms with Crippen molar-refractivity contribution in [1.29, 1.82) is 0 Å². The van der Waals surface area contributed by atoms with Gasteiger partial charge < -0.3 is 10.1 Å².